The summed E-state index contributed by atoms with van der Waals surface area (Å²) in [6, 6.07) is 0. The fraction of sp³-hybridized carbons (Fsp3) is 0. The van der Waals surface area contributed by atoms with Crippen molar-refractivity contribution in [1.29, 1.82) is 0 Å². The van der Waals surface area contributed by atoms with E-state index in [2.05, 4.69) is 20.2 Å². The maximum absolute atomic E-state index is 6.99. The van der Waals surface area contributed by atoms with Crippen molar-refractivity contribution in [1.82, 2.24) is 0 Å². The quantitative estimate of drug-likeness (QED) is 0.423. The van der Waals surface area contributed by atoms with E-state index in [-0.39, 0.29) is 18.6 Å². The minimum atomic E-state index is 0. The summed E-state index contributed by atoms with van der Waals surface area (Å²) in [5.41, 5.74) is 0. The van der Waals surface area contributed by atoms with Crippen LogP contribution in [0.25, 0.3) is 0 Å². The second-order valence-corrected chi connectivity index (χ2v) is 0.359. The summed E-state index contributed by atoms with van der Waals surface area (Å²) < 4.78 is 3.06. The molecule has 0 saturated heterocycles. The molecule has 0 heterocycles. The van der Waals surface area contributed by atoms with E-state index in [1.54, 1.807) is 0 Å². The van der Waals surface area contributed by atoms with E-state index >= 15 is 0 Å². The van der Waals surface area contributed by atoms with Crippen LogP contribution in [0, 0.1) is 0 Å². The molecule has 0 aromatic carbocycles. The summed E-state index contributed by atoms with van der Waals surface area (Å²) in [5.74, 6) is 0. The van der Waals surface area contributed by atoms with E-state index in [1.807, 2.05) is 0 Å². The molecule has 1 radical (unpaired) electrons. The van der Waals surface area contributed by atoms with Crippen molar-refractivity contribution < 1.29 is 27.8 Å². The Hall–Kier alpha value is 0.984. The Bertz CT molecular complexity index is 6.00. The molecule has 0 fully saturated rings. The molecule has 2 nitrogen and oxygen atoms in total. The SMILES string of the molecule is OOBr.[V]. The Morgan fingerprint density at radius 1 is 1.75 bits per heavy atom. The Balaban J connectivity index is 0. The predicted octanol–water partition coefficient (Wildman–Crippen LogP) is 0.783. The molecule has 0 bridgehead atoms. The Morgan fingerprint density at radius 2 is 1.75 bits per heavy atom. The average Bonchev–Trinajstić information content (AvgIpc) is 0.918. The Kier molecular flexibility index (Phi) is 20.0. The van der Waals surface area contributed by atoms with Gasteiger partial charge in [-0.15, -0.1) is 0 Å². The zero-order valence-electron chi connectivity index (χ0n) is 1.68. The van der Waals surface area contributed by atoms with Gasteiger partial charge in [0.1, 0.15) is 16.3 Å². The second kappa shape index (κ2) is 9.01. The van der Waals surface area contributed by atoms with E-state index in [4.69, 9.17) is 5.26 Å². The first-order chi connectivity index (χ1) is 1.41. The van der Waals surface area contributed by atoms with Crippen LogP contribution >= 0.6 is 16.3 Å². The molecule has 0 rings (SSSR count). The zero-order valence-corrected chi connectivity index (χ0v) is 4.66. The molecule has 1 N–H and O–H groups in total. The van der Waals surface area contributed by atoms with Gasteiger partial charge in [0.25, 0.3) is 0 Å². The van der Waals surface area contributed by atoms with Gasteiger partial charge in [0.15, 0.2) is 0 Å². The first-order valence-electron chi connectivity index (χ1n) is 0.337. The fourth-order valence-corrected chi connectivity index (χ4v) is 0. The molecular weight excluding hydrogens is 163 g/mol. The van der Waals surface area contributed by atoms with Crippen LogP contribution in [0.3, 0.4) is 0 Å². The van der Waals surface area contributed by atoms with Crippen molar-refractivity contribution >= 4 is 16.3 Å². The van der Waals surface area contributed by atoms with Crippen LogP contribution in [0.15, 0.2) is 0 Å². The van der Waals surface area contributed by atoms with Gasteiger partial charge in [-0.25, -0.2) is 5.26 Å². The van der Waals surface area contributed by atoms with Crippen LogP contribution < -0.4 is 0 Å². The molecule has 0 aromatic heterocycles. The van der Waals surface area contributed by atoms with Crippen LogP contribution in [-0.2, 0) is 22.5 Å². The normalized spacial score (nSPS) is 4.50. The van der Waals surface area contributed by atoms with Crippen molar-refractivity contribution in [2.24, 2.45) is 0 Å². The fourth-order valence-electron chi connectivity index (χ4n) is 0. The van der Waals surface area contributed by atoms with E-state index < -0.39 is 0 Å². The number of rotatable bonds is 0. The van der Waals surface area contributed by atoms with Crippen molar-refractivity contribution in [3.8, 4) is 0 Å². The summed E-state index contributed by atoms with van der Waals surface area (Å²) in [6.45, 7) is 0. The molecule has 4 heteroatoms. The van der Waals surface area contributed by atoms with Crippen molar-refractivity contribution in [2.45, 2.75) is 0 Å². The standard InChI is InChI=1S/BrHO2.V/c1-3-2;/h2H;. The minimum Gasteiger partial charge on any atom is -0.240 e. The van der Waals surface area contributed by atoms with Gasteiger partial charge < -0.3 is 0 Å². The smallest absolute Gasteiger partial charge is 0.142 e. The molecule has 0 unspecified atom stereocenters. The molecular formula is HBrO2V. The molecule has 0 aliphatic heterocycles. The third-order valence-electron chi connectivity index (χ3n) is 0. The summed E-state index contributed by atoms with van der Waals surface area (Å²) in [5, 5.41) is 6.99. The summed E-state index contributed by atoms with van der Waals surface area (Å²) in [6.07, 6.45) is 0. The monoisotopic (exact) mass is 163 g/mol. The van der Waals surface area contributed by atoms with Gasteiger partial charge in [0.05, 0.1) is 0 Å². The summed E-state index contributed by atoms with van der Waals surface area (Å²) in [7, 11) is 0. The van der Waals surface area contributed by atoms with Crippen molar-refractivity contribution in [2.75, 3.05) is 0 Å². The first-order valence-corrected chi connectivity index (χ1v) is 0.984. The van der Waals surface area contributed by atoms with E-state index in [0.29, 0.717) is 0 Å². The van der Waals surface area contributed by atoms with Crippen LogP contribution in [-0.4, -0.2) is 5.26 Å². The van der Waals surface area contributed by atoms with Gasteiger partial charge in [0, 0.05) is 18.6 Å². The molecule has 0 atom stereocenters. The maximum atomic E-state index is 6.99. The van der Waals surface area contributed by atoms with Gasteiger partial charge in [-0.1, -0.05) is 0 Å². The average molecular weight is 164 g/mol. The predicted molar refractivity (Wildman–Crippen MR) is 12.6 cm³/mol. The topological polar surface area (TPSA) is 29.5 Å². The third-order valence-corrected chi connectivity index (χ3v) is 0. The summed E-state index contributed by atoms with van der Waals surface area (Å²) >= 11 is 2.20. The molecule has 0 amide bonds. The summed E-state index contributed by atoms with van der Waals surface area (Å²) in [4.78, 5) is 0. The van der Waals surface area contributed by atoms with Crippen LogP contribution in [0.1, 0.15) is 0 Å². The molecule has 0 aliphatic carbocycles. The molecule has 0 spiro atoms. The second-order valence-electron chi connectivity index (χ2n) is 0.0690. The van der Waals surface area contributed by atoms with Gasteiger partial charge in [0.2, 0.25) is 0 Å². The maximum Gasteiger partial charge on any atom is 0.142 e. The van der Waals surface area contributed by atoms with E-state index in [0.717, 1.165) is 0 Å². The molecule has 25 valence electrons. The number of halogens is 1. The van der Waals surface area contributed by atoms with Gasteiger partial charge in [-0.05, 0) is 0 Å². The van der Waals surface area contributed by atoms with Crippen molar-refractivity contribution in [3.63, 3.8) is 0 Å². The van der Waals surface area contributed by atoms with E-state index in [9.17, 15) is 0 Å². The molecule has 0 aliphatic rings. The van der Waals surface area contributed by atoms with Gasteiger partial charge >= 0.3 is 0 Å². The Labute approximate surface area is 44.4 Å². The third kappa shape index (κ3) is 12.1. The first kappa shape index (κ1) is 8.88. The minimum absolute atomic E-state index is 0. The van der Waals surface area contributed by atoms with Gasteiger partial charge in [-0.3, -0.25) is 0 Å². The van der Waals surface area contributed by atoms with Gasteiger partial charge in [-0.2, -0.15) is 3.98 Å². The molecule has 0 saturated carbocycles. The largest absolute Gasteiger partial charge is 0.240 e. The van der Waals surface area contributed by atoms with E-state index in [1.165, 1.54) is 0 Å². The van der Waals surface area contributed by atoms with Crippen LogP contribution in [0.5, 0.6) is 0 Å². The Morgan fingerprint density at radius 3 is 1.75 bits per heavy atom. The van der Waals surface area contributed by atoms with Crippen molar-refractivity contribution in [3.05, 3.63) is 0 Å². The van der Waals surface area contributed by atoms with Crippen LogP contribution in [0.4, 0.5) is 0 Å². The zero-order chi connectivity index (χ0) is 2.71. The molecule has 4 heavy (non-hydrogen) atoms. The molecule has 0 aromatic rings. The number of hydrogen-bond donors (Lipinski definition) is 1. The number of hydrogen-bond acceptors (Lipinski definition) is 2. The van der Waals surface area contributed by atoms with Crippen LogP contribution in [0.2, 0.25) is 0 Å².